The molecule has 0 radical (unpaired) electrons. The fourth-order valence-electron chi connectivity index (χ4n) is 5.10. The maximum Gasteiger partial charge on any atom is 0.413 e. The Morgan fingerprint density at radius 3 is 2.35 bits per heavy atom. The molecule has 186 valence electrons. The minimum absolute atomic E-state index is 0.267. The SMILES string of the molecule is Cc1nnn(-c2ccc(-c3ccc(C4(C(=O)O)CC4)cc3)cc2)c1NC(=O)OC1CCc2ccccc21. The van der Waals surface area contributed by atoms with Crippen molar-refractivity contribution in [3.05, 3.63) is 95.2 Å². The van der Waals surface area contributed by atoms with Gasteiger partial charge in [-0.05, 0) is 72.6 Å². The lowest BCUT2D eigenvalue weighted by Gasteiger charge is -2.15. The highest BCUT2D eigenvalue weighted by molar-refractivity contribution is 5.85. The molecule has 0 aliphatic heterocycles. The summed E-state index contributed by atoms with van der Waals surface area (Å²) in [5, 5.41) is 20.7. The molecule has 1 unspecified atom stereocenters. The number of aryl methyl sites for hydroxylation is 2. The van der Waals surface area contributed by atoms with Crippen LogP contribution in [-0.2, 0) is 21.4 Å². The minimum atomic E-state index is -0.755. The highest BCUT2D eigenvalue weighted by atomic mass is 16.6. The summed E-state index contributed by atoms with van der Waals surface area (Å²) in [5.74, 6) is -0.300. The zero-order valence-electron chi connectivity index (χ0n) is 20.3. The second kappa shape index (κ2) is 8.89. The molecular formula is C29H26N4O4. The summed E-state index contributed by atoms with van der Waals surface area (Å²) in [7, 11) is 0. The summed E-state index contributed by atoms with van der Waals surface area (Å²) in [5.41, 5.74) is 5.71. The van der Waals surface area contributed by atoms with Gasteiger partial charge in [-0.15, -0.1) is 5.10 Å². The molecule has 0 bridgehead atoms. The highest BCUT2D eigenvalue weighted by Gasteiger charge is 2.51. The molecule has 2 aliphatic carbocycles. The molecule has 4 aromatic rings. The average Bonchev–Trinajstić information content (AvgIpc) is 3.54. The molecule has 1 fully saturated rings. The molecule has 1 amide bonds. The van der Waals surface area contributed by atoms with Crippen molar-refractivity contribution in [1.82, 2.24) is 15.0 Å². The van der Waals surface area contributed by atoms with Gasteiger partial charge >= 0.3 is 12.1 Å². The lowest BCUT2D eigenvalue weighted by molar-refractivity contribution is -0.140. The lowest BCUT2D eigenvalue weighted by Crippen LogP contribution is -2.19. The summed E-state index contributed by atoms with van der Waals surface area (Å²) in [6.07, 6.45) is 2.22. The highest BCUT2D eigenvalue weighted by Crippen LogP contribution is 2.48. The van der Waals surface area contributed by atoms with Crippen LogP contribution in [0.5, 0.6) is 0 Å². The number of hydrogen-bond acceptors (Lipinski definition) is 5. The fraction of sp³-hybridized carbons (Fsp3) is 0.241. The Kier molecular flexibility index (Phi) is 5.52. The monoisotopic (exact) mass is 494 g/mol. The molecule has 37 heavy (non-hydrogen) atoms. The van der Waals surface area contributed by atoms with E-state index in [1.165, 1.54) is 5.56 Å². The Bertz CT molecular complexity index is 1490. The van der Waals surface area contributed by atoms with Gasteiger partial charge in [-0.25, -0.2) is 4.79 Å². The Balaban J connectivity index is 1.17. The Morgan fingerprint density at radius 1 is 1.00 bits per heavy atom. The Labute approximate surface area is 213 Å². The van der Waals surface area contributed by atoms with Gasteiger partial charge in [0, 0.05) is 0 Å². The fourth-order valence-corrected chi connectivity index (χ4v) is 5.10. The lowest BCUT2D eigenvalue weighted by atomic mass is 9.94. The maximum absolute atomic E-state index is 12.8. The number of rotatable bonds is 6. The first-order valence-corrected chi connectivity index (χ1v) is 12.4. The molecule has 1 saturated carbocycles. The van der Waals surface area contributed by atoms with E-state index < -0.39 is 17.5 Å². The zero-order chi connectivity index (χ0) is 25.6. The van der Waals surface area contributed by atoms with Gasteiger partial charge in [0.2, 0.25) is 0 Å². The van der Waals surface area contributed by atoms with Crippen molar-refractivity contribution in [2.45, 2.75) is 44.1 Å². The van der Waals surface area contributed by atoms with Crippen LogP contribution in [0.15, 0.2) is 72.8 Å². The molecule has 1 heterocycles. The topological polar surface area (TPSA) is 106 Å². The molecular weight excluding hydrogens is 468 g/mol. The second-order valence-electron chi connectivity index (χ2n) is 9.70. The van der Waals surface area contributed by atoms with Crippen molar-refractivity contribution in [3.63, 3.8) is 0 Å². The number of hydrogen-bond donors (Lipinski definition) is 2. The van der Waals surface area contributed by atoms with Crippen LogP contribution in [0.2, 0.25) is 0 Å². The largest absolute Gasteiger partial charge is 0.481 e. The number of carbonyl (C=O) groups is 2. The number of aliphatic carboxylic acids is 1. The smallest absolute Gasteiger partial charge is 0.413 e. The van der Waals surface area contributed by atoms with E-state index in [2.05, 4.69) is 21.7 Å². The molecule has 2 N–H and O–H groups in total. The van der Waals surface area contributed by atoms with Gasteiger partial charge in [-0.2, -0.15) is 4.68 Å². The van der Waals surface area contributed by atoms with Crippen LogP contribution in [-0.4, -0.2) is 32.2 Å². The second-order valence-corrected chi connectivity index (χ2v) is 9.70. The van der Waals surface area contributed by atoms with Crippen LogP contribution in [0.1, 0.15) is 47.8 Å². The number of carboxylic acids is 1. The number of nitrogens with one attached hydrogen (secondary N) is 1. The first-order valence-electron chi connectivity index (χ1n) is 12.4. The van der Waals surface area contributed by atoms with Crippen LogP contribution < -0.4 is 5.32 Å². The number of carbonyl (C=O) groups excluding carboxylic acids is 1. The Morgan fingerprint density at radius 2 is 1.68 bits per heavy atom. The van der Waals surface area contributed by atoms with Crippen LogP contribution >= 0.6 is 0 Å². The van der Waals surface area contributed by atoms with Gasteiger partial charge in [0.1, 0.15) is 11.8 Å². The Hall–Kier alpha value is -4.46. The number of anilines is 1. The van der Waals surface area contributed by atoms with E-state index in [-0.39, 0.29) is 6.10 Å². The van der Waals surface area contributed by atoms with Crippen molar-refractivity contribution in [2.75, 3.05) is 5.32 Å². The van der Waals surface area contributed by atoms with Crippen molar-refractivity contribution in [2.24, 2.45) is 0 Å². The number of fused-ring (bicyclic) bond motifs is 1. The first kappa shape index (κ1) is 23.0. The van der Waals surface area contributed by atoms with Crippen LogP contribution in [0.4, 0.5) is 10.6 Å². The number of carboxylic acid groups (broad SMARTS) is 1. The predicted octanol–water partition coefficient (Wildman–Crippen LogP) is 5.59. The molecule has 2 aliphatic rings. The minimum Gasteiger partial charge on any atom is -0.481 e. The van der Waals surface area contributed by atoms with Gasteiger partial charge in [0.05, 0.1) is 11.1 Å². The number of benzene rings is 3. The maximum atomic E-state index is 12.8. The van der Waals surface area contributed by atoms with Crippen molar-refractivity contribution < 1.29 is 19.4 Å². The van der Waals surface area contributed by atoms with Gasteiger partial charge in [0.15, 0.2) is 5.82 Å². The van der Waals surface area contributed by atoms with Gasteiger partial charge in [-0.3, -0.25) is 10.1 Å². The molecule has 0 spiro atoms. The summed E-state index contributed by atoms with van der Waals surface area (Å²) in [4.78, 5) is 24.4. The molecule has 0 saturated heterocycles. The molecule has 1 atom stereocenters. The van der Waals surface area contributed by atoms with E-state index in [0.29, 0.717) is 24.4 Å². The van der Waals surface area contributed by atoms with Gasteiger partial charge in [0.25, 0.3) is 0 Å². The van der Waals surface area contributed by atoms with E-state index in [0.717, 1.165) is 40.8 Å². The van der Waals surface area contributed by atoms with Crippen molar-refractivity contribution in [3.8, 4) is 16.8 Å². The molecule has 8 nitrogen and oxygen atoms in total. The number of ether oxygens (including phenoxy) is 1. The first-order chi connectivity index (χ1) is 17.9. The third kappa shape index (κ3) is 4.14. The van der Waals surface area contributed by atoms with E-state index >= 15 is 0 Å². The number of aromatic nitrogens is 3. The molecule has 1 aromatic heterocycles. The summed E-state index contributed by atoms with van der Waals surface area (Å²) in [6.45, 7) is 1.78. The molecule has 3 aromatic carbocycles. The zero-order valence-corrected chi connectivity index (χ0v) is 20.3. The normalized spacial score (nSPS) is 17.2. The molecule has 8 heteroatoms. The molecule has 6 rings (SSSR count). The van der Waals surface area contributed by atoms with Crippen molar-refractivity contribution in [1.29, 1.82) is 0 Å². The van der Waals surface area contributed by atoms with E-state index in [1.807, 2.05) is 66.7 Å². The summed E-state index contributed by atoms with van der Waals surface area (Å²) < 4.78 is 7.31. The third-order valence-corrected chi connectivity index (χ3v) is 7.43. The predicted molar refractivity (Wildman–Crippen MR) is 138 cm³/mol. The standard InChI is InChI=1S/C29H26N4O4/c1-18-26(30-28(36)37-25-15-10-21-4-2-3-5-24(21)25)33(32-31-18)23-13-8-20(9-14-23)19-6-11-22(12-7-19)29(16-17-29)27(34)35/h2-9,11-14,25H,10,15-17H2,1H3,(H,30,36)(H,34,35). The average molecular weight is 495 g/mol. The van der Waals surface area contributed by atoms with Gasteiger partial charge < -0.3 is 9.84 Å². The van der Waals surface area contributed by atoms with E-state index in [4.69, 9.17) is 4.74 Å². The quantitative estimate of drug-likeness (QED) is 0.362. The summed E-state index contributed by atoms with van der Waals surface area (Å²) >= 11 is 0. The third-order valence-electron chi connectivity index (χ3n) is 7.43. The number of nitrogens with zero attached hydrogens (tertiary/aromatic N) is 3. The van der Waals surface area contributed by atoms with Crippen molar-refractivity contribution >= 4 is 17.9 Å². The van der Waals surface area contributed by atoms with E-state index in [9.17, 15) is 14.7 Å². The van der Waals surface area contributed by atoms with Crippen LogP contribution in [0.25, 0.3) is 16.8 Å². The van der Waals surface area contributed by atoms with Crippen LogP contribution in [0, 0.1) is 6.92 Å². The van der Waals surface area contributed by atoms with E-state index in [1.54, 1.807) is 11.6 Å². The number of amides is 1. The van der Waals surface area contributed by atoms with Crippen LogP contribution in [0.3, 0.4) is 0 Å². The summed E-state index contributed by atoms with van der Waals surface area (Å²) in [6, 6.07) is 23.5. The van der Waals surface area contributed by atoms with Gasteiger partial charge in [-0.1, -0.05) is 65.9 Å².